The van der Waals surface area contributed by atoms with E-state index in [0.29, 0.717) is 0 Å². The second-order valence-corrected chi connectivity index (χ2v) is 8.33. The van der Waals surface area contributed by atoms with E-state index in [4.69, 9.17) is 4.43 Å². The van der Waals surface area contributed by atoms with Gasteiger partial charge in [-0.05, 0) is 44.6 Å². The van der Waals surface area contributed by atoms with E-state index in [1.54, 1.807) is 0 Å². The van der Waals surface area contributed by atoms with Crippen molar-refractivity contribution < 1.29 is 4.43 Å². The summed E-state index contributed by atoms with van der Waals surface area (Å²) in [7, 11) is -1.37. The zero-order valence-corrected chi connectivity index (χ0v) is 8.77. The van der Waals surface area contributed by atoms with Gasteiger partial charge in [-0.25, -0.2) is 0 Å². The van der Waals surface area contributed by atoms with Gasteiger partial charge in [0.25, 0.3) is 0 Å². The maximum atomic E-state index is 5.84. The van der Waals surface area contributed by atoms with Crippen molar-refractivity contribution in [2.75, 3.05) is 0 Å². The second kappa shape index (κ2) is 2.86. The summed E-state index contributed by atoms with van der Waals surface area (Å²) in [6.07, 6.45) is 5.41. The maximum absolute atomic E-state index is 5.84. The van der Waals surface area contributed by atoms with Gasteiger partial charge >= 0.3 is 0 Å². The van der Waals surface area contributed by atoms with Gasteiger partial charge in [0.1, 0.15) is 5.76 Å². The van der Waals surface area contributed by atoms with Crippen LogP contribution in [0.1, 0.15) is 13.3 Å². The van der Waals surface area contributed by atoms with Gasteiger partial charge in [-0.1, -0.05) is 6.08 Å². The lowest BCUT2D eigenvalue weighted by atomic mass is 10.3. The molecule has 0 N–H and O–H groups in total. The van der Waals surface area contributed by atoms with Crippen LogP contribution in [0.2, 0.25) is 19.6 Å². The maximum Gasteiger partial charge on any atom is 0.242 e. The summed E-state index contributed by atoms with van der Waals surface area (Å²) in [5, 5.41) is 0. The molecule has 0 aromatic heterocycles. The first-order valence-electron chi connectivity index (χ1n) is 4.05. The highest BCUT2D eigenvalue weighted by atomic mass is 28.4. The number of rotatable bonds is 2. The Morgan fingerprint density at radius 2 is 1.91 bits per heavy atom. The fourth-order valence-electron chi connectivity index (χ4n) is 1.06. The van der Waals surface area contributed by atoms with Gasteiger partial charge in [-0.3, -0.25) is 0 Å². The normalized spacial score (nSPS) is 17.8. The van der Waals surface area contributed by atoms with E-state index in [1.165, 1.54) is 5.57 Å². The highest BCUT2D eigenvalue weighted by molar-refractivity contribution is 6.70. The van der Waals surface area contributed by atoms with E-state index >= 15 is 0 Å². The third-order valence-corrected chi connectivity index (χ3v) is 2.36. The molecule has 2 heteroatoms. The van der Waals surface area contributed by atoms with E-state index < -0.39 is 8.32 Å². The molecule has 1 nitrogen and oxygen atoms in total. The Bertz CT molecular complexity index is 208. The summed E-state index contributed by atoms with van der Waals surface area (Å²) >= 11 is 0. The highest BCUT2D eigenvalue weighted by Crippen LogP contribution is 2.23. The molecule has 11 heavy (non-hydrogen) atoms. The first-order chi connectivity index (χ1) is 4.99. The lowest BCUT2D eigenvalue weighted by molar-refractivity contribution is 0.434. The van der Waals surface area contributed by atoms with Gasteiger partial charge in [0.2, 0.25) is 8.32 Å². The molecule has 62 valence electrons. The van der Waals surface area contributed by atoms with Gasteiger partial charge < -0.3 is 4.43 Å². The van der Waals surface area contributed by atoms with Crippen LogP contribution in [-0.4, -0.2) is 8.32 Å². The summed E-state index contributed by atoms with van der Waals surface area (Å²) in [6.45, 7) is 8.73. The number of hydrogen-bond donors (Lipinski definition) is 0. The average molecular weight is 168 g/mol. The molecule has 0 unspecified atom stereocenters. The zero-order valence-electron chi connectivity index (χ0n) is 7.77. The minimum absolute atomic E-state index is 1.05. The number of allylic oxidation sites excluding steroid dienone is 3. The number of hydrogen-bond acceptors (Lipinski definition) is 1. The van der Waals surface area contributed by atoms with Crippen LogP contribution in [-0.2, 0) is 4.43 Å². The summed E-state index contributed by atoms with van der Waals surface area (Å²) in [6, 6.07) is 0. The molecule has 0 spiro atoms. The Balaban J connectivity index is 2.58. The zero-order chi connectivity index (χ0) is 8.48. The fraction of sp³-hybridized carbons (Fsp3) is 0.556. The molecule has 0 fully saturated rings. The molecule has 1 aliphatic carbocycles. The van der Waals surface area contributed by atoms with Crippen molar-refractivity contribution in [3.05, 3.63) is 23.5 Å². The third-order valence-electron chi connectivity index (χ3n) is 1.53. The second-order valence-electron chi connectivity index (χ2n) is 3.91. The molecule has 1 rings (SSSR count). The highest BCUT2D eigenvalue weighted by Gasteiger charge is 2.19. The molecule has 0 amide bonds. The van der Waals surface area contributed by atoms with E-state index in [-0.39, 0.29) is 0 Å². The summed E-state index contributed by atoms with van der Waals surface area (Å²) in [5.41, 5.74) is 1.30. The van der Waals surface area contributed by atoms with Gasteiger partial charge in [-0.15, -0.1) is 0 Å². The Hall–Kier alpha value is -0.503. The molecule has 0 aromatic rings. The molecule has 0 bridgehead atoms. The van der Waals surface area contributed by atoms with Crippen LogP contribution in [0.3, 0.4) is 0 Å². The molecule has 0 aromatic carbocycles. The molecular weight excluding hydrogens is 152 g/mol. The fourth-order valence-corrected chi connectivity index (χ4v) is 1.96. The van der Waals surface area contributed by atoms with Crippen LogP contribution < -0.4 is 0 Å². The summed E-state index contributed by atoms with van der Waals surface area (Å²) < 4.78 is 5.84. The van der Waals surface area contributed by atoms with Gasteiger partial charge in [0.15, 0.2) is 0 Å². The Kier molecular flexibility index (Phi) is 2.23. The molecule has 1 aliphatic rings. The predicted molar refractivity (Wildman–Crippen MR) is 50.9 cm³/mol. The molecule has 0 heterocycles. The van der Waals surface area contributed by atoms with Crippen molar-refractivity contribution in [1.82, 2.24) is 0 Å². The average Bonchev–Trinajstić information content (AvgIpc) is 2.12. The van der Waals surface area contributed by atoms with E-state index in [1.807, 2.05) is 0 Å². The van der Waals surface area contributed by atoms with Gasteiger partial charge in [0.05, 0.1) is 0 Å². The Morgan fingerprint density at radius 3 is 2.27 bits per heavy atom. The monoisotopic (exact) mass is 168 g/mol. The van der Waals surface area contributed by atoms with Crippen LogP contribution in [0.4, 0.5) is 0 Å². The summed E-state index contributed by atoms with van der Waals surface area (Å²) in [4.78, 5) is 0. The van der Waals surface area contributed by atoms with Gasteiger partial charge in [0, 0.05) is 0 Å². The minimum Gasteiger partial charge on any atom is -0.544 e. The van der Waals surface area contributed by atoms with Crippen molar-refractivity contribution >= 4 is 8.32 Å². The van der Waals surface area contributed by atoms with Crippen molar-refractivity contribution in [3.63, 3.8) is 0 Å². The van der Waals surface area contributed by atoms with Crippen LogP contribution >= 0.6 is 0 Å². The Labute approximate surface area is 69.9 Å². The topological polar surface area (TPSA) is 9.23 Å². The summed E-state index contributed by atoms with van der Waals surface area (Å²) in [5.74, 6) is 1.11. The van der Waals surface area contributed by atoms with Crippen LogP contribution in [0, 0.1) is 0 Å². The van der Waals surface area contributed by atoms with E-state index in [9.17, 15) is 0 Å². The lowest BCUT2D eigenvalue weighted by Gasteiger charge is -2.20. The van der Waals surface area contributed by atoms with Crippen LogP contribution in [0.5, 0.6) is 0 Å². The molecule has 0 saturated heterocycles. The first kappa shape index (κ1) is 8.59. The van der Waals surface area contributed by atoms with Crippen LogP contribution in [0.15, 0.2) is 23.5 Å². The Morgan fingerprint density at radius 1 is 1.27 bits per heavy atom. The van der Waals surface area contributed by atoms with Crippen molar-refractivity contribution in [3.8, 4) is 0 Å². The largest absolute Gasteiger partial charge is 0.544 e. The van der Waals surface area contributed by atoms with Crippen LogP contribution in [0.25, 0.3) is 0 Å². The van der Waals surface area contributed by atoms with E-state index in [0.717, 1.165) is 12.2 Å². The standard InChI is InChI=1S/C9H16OSi/c1-8-6-5-7-9(8)10-11(2,3)4/h6-7H,5H2,1-4H3. The molecule has 0 radical (unpaired) electrons. The van der Waals surface area contributed by atoms with E-state index in [2.05, 4.69) is 38.7 Å². The smallest absolute Gasteiger partial charge is 0.242 e. The third kappa shape index (κ3) is 2.54. The van der Waals surface area contributed by atoms with Crippen molar-refractivity contribution in [2.45, 2.75) is 33.0 Å². The lowest BCUT2D eigenvalue weighted by Crippen LogP contribution is -2.24. The van der Waals surface area contributed by atoms with Crippen molar-refractivity contribution in [2.24, 2.45) is 0 Å². The SMILES string of the molecule is CC1=CCC=C1O[Si](C)(C)C. The van der Waals surface area contributed by atoms with Gasteiger partial charge in [-0.2, -0.15) is 0 Å². The predicted octanol–water partition coefficient (Wildman–Crippen LogP) is 3.07. The molecule has 0 aliphatic heterocycles. The van der Waals surface area contributed by atoms with Crippen molar-refractivity contribution in [1.29, 1.82) is 0 Å². The quantitative estimate of drug-likeness (QED) is 0.576. The molecule has 0 atom stereocenters. The first-order valence-corrected chi connectivity index (χ1v) is 7.46. The minimum atomic E-state index is -1.37. The molecular formula is C9H16OSi. The molecule has 0 saturated carbocycles.